The van der Waals surface area contributed by atoms with E-state index in [1.54, 1.807) is 0 Å². The smallest absolute Gasteiger partial charge is 0.189 e. The highest BCUT2D eigenvalue weighted by Gasteiger charge is 1.87. The second-order valence-corrected chi connectivity index (χ2v) is 2.77. The van der Waals surface area contributed by atoms with Crippen LogP contribution in [0.4, 0.5) is 0 Å². The van der Waals surface area contributed by atoms with Gasteiger partial charge in [0.05, 0.1) is 0 Å². The molecule has 0 aliphatic heterocycles. The molecule has 0 amide bonds. The molecule has 0 saturated carbocycles. The van der Waals surface area contributed by atoms with Crippen molar-refractivity contribution in [3.63, 3.8) is 0 Å². The number of hydrogen-bond donors (Lipinski definition) is 1. The van der Waals surface area contributed by atoms with Gasteiger partial charge in [0.15, 0.2) is 5.12 Å². The quantitative estimate of drug-likeness (QED) is 0.474. The number of rotatable bonds is 3. The van der Waals surface area contributed by atoms with Crippen molar-refractivity contribution in [2.75, 3.05) is 0 Å². The Labute approximate surface area is 61.6 Å². The van der Waals surface area contributed by atoms with Gasteiger partial charge in [-0.2, -0.15) is 0 Å². The van der Waals surface area contributed by atoms with Gasteiger partial charge < -0.3 is 0 Å². The molecule has 0 heterocycles. The average molecular weight is 144 g/mol. The van der Waals surface area contributed by atoms with Crippen molar-refractivity contribution in [3.05, 3.63) is 12.2 Å². The topological polar surface area (TPSA) is 17.1 Å². The Morgan fingerprint density at radius 3 is 2.56 bits per heavy atom. The van der Waals surface area contributed by atoms with E-state index >= 15 is 0 Å². The highest BCUT2D eigenvalue weighted by molar-refractivity contribution is 7.96. The van der Waals surface area contributed by atoms with Gasteiger partial charge in [-0.1, -0.05) is 26.0 Å². The Bertz CT molecular complexity index is 116. The fourth-order valence-electron chi connectivity index (χ4n) is 0.441. The molecule has 0 saturated heterocycles. The maximum atomic E-state index is 10.2. The Balaban J connectivity index is 3.36. The first-order valence-electron chi connectivity index (χ1n) is 3.01. The van der Waals surface area contributed by atoms with Gasteiger partial charge in [0, 0.05) is 6.42 Å². The average Bonchev–Trinajstić information content (AvgIpc) is 1.63. The molecule has 0 radical (unpaired) electrons. The molecule has 0 aromatic heterocycles. The molecule has 0 bridgehead atoms. The fraction of sp³-hybridized carbons (Fsp3) is 0.571. The molecule has 0 fully saturated rings. The Morgan fingerprint density at radius 1 is 1.67 bits per heavy atom. The highest BCUT2D eigenvalue weighted by Crippen LogP contribution is 1.96. The minimum Gasteiger partial charge on any atom is -0.287 e. The first kappa shape index (κ1) is 8.76. The lowest BCUT2D eigenvalue weighted by Gasteiger charge is -1.90. The van der Waals surface area contributed by atoms with Crippen LogP contribution in [0.25, 0.3) is 0 Å². The van der Waals surface area contributed by atoms with Crippen LogP contribution in [-0.2, 0) is 4.79 Å². The van der Waals surface area contributed by atoms with E-state index in [0.717, 1.165) is 0 Å². The second-order valence-electron chi connectivity index (χ2n) is 2.27. The summed E-state index contributed by atoms with van der Waals surface area (Å²) in [5.74, 6) is 0.526. The maximum Gasteiger partial charge on any atom is 0.189 e. The first-order valence-corrected chi connectivity index (χ1v) is 3.46. The molecule has 0 N–H and O–H groups in total. The lowest BCUT2D eigenvalue weighted by atomic mass is 10.2. The predicted octanol–water partition coefficient (Wildman–Crippen LogP) is 2.05. The van der Waals surface area contributed by atoms with E-state index in [0.29, 0.717) is 12.3 Å². The molecular formula is C7H12OS. The summed E-state index contributed by atoms with van der Waals surface area (Å²) in [5.41, 5.74) is 0. The Kier molecular flexibility index (Phi) is 4.50. The van der Waals surface area contributed by atoms with Crippen molar-refractivity contribution in [1.82, 2.24) is 0 Å². The van der Waals surface area contributed by atoms with Crippen LogP contribution >= 0.6 is 12.6 Å². The molecule has 0 aromatic carbocycles. The van der Waals surface area contributed by atoms with E-state index in [9.17, 15) is 4.79 Å². The number of allylic oxidation sites excluding steroid dienone is 2. The summed E-state index contributed by atoms with van der Waals surface area (Å²) >= 11 is 3.61. The van der Waals surface area contributed by atoms with Gasteiger partial charge in [0.1, 0.15) is 0 Å². The number of hydrogen-bond acceptors (Lipinski definition) is 1. The van der Waals surface area contributed by atoms with Crippen LogP contribution in [0.1, 0.15) is 20.3 Å². The van der Waals surface area contributed by atoms with Crippen LogP contribution in [0.15, 0.2) is 12.2 Å². The van der Waals surface area contributed by atoms with Gasteiger partial charge in [-0.3, -0.25) is 4.79 Å². The van der Waals surface area contributed by atoms with Crippen LogP contribution in [0, 0.1) is 5.92 Å². The van der Waals surface area contributed by atoms with Crippen molar-refractivity contribution in [1.29, 1.82) is 0 Å². The lowest BCUT2D eigenvalue weighted by Crippen LogP contribution is -1.82. The maximum absolute atomic E-state index is 10.2. The molecular weight excluding hydrogens is 132 g/mol. The third-order valence-corrected chi connectivity index (χ3v) is 0.996. The van der Waals surface area contributed by atoms with Gasteiger partial charge in [0.2, 0.25) is 0 Å². The summed E-state index contributed by atoms with van der Waals surface area (Å²) in [6, 6.07) is 0. The minimum atomic E-state index is -0.0769. The van der Waals surface area contributed by atoms with Crippen LogP contribution in [0.3, 0.4) is 0 Å². The summed E-state index contributed by atoms with van der Waals surface area (Å²) < 4.78 is 0. The molecule has 2 heteroatoms. The molecule has 1 nitrogen and oxygen atoms in total. The molecule has 0 unspecified atom stereocenters. The Hall–Kier alpha value is -0.240. The molecule has 0 atom stereocenters. The molecule has 0 spiro atoms. The monoisotopic (exact) mass is 144 g/mol. The van der Waals surface area contributed by atoms with Crippen LogP contribution in [0.5, 0.6) is 0 Å². The first-order chi connectivity index (χ1) is 4.13. The SMILES string of the molecule is CC(C)/C=C/CC(=O)S. The largest absolute Gasteiger partial charge is 0.287 e. The van der Waals surface area contributed by atoms with Gasteiger partial charge in [-0.25, -0.2) is 0 Å². The highest BCUT2D eigenvalue weighted by atomic mass is 32.1. The van der Waals surface area contributed by atoms with Crippen LogP contribution in [-0.4, -0.2) is 5.12 Å². The predicted molar refractivity (Wildman–Crippen MR) is 42.6 cm³/mol. The summed E-state index contributed by atoms with van der Waals surface area (Å²) in [7, 11) is 0. The lowest BCUT2D eigenvalue weighted by molar-refractivity contribution is -0.110. The van der Waals surface area contributed by atoms with E-state index in [2.05, 4.69) is 26.5 Å². The molecule has 9 heavy (non-hydrogen) atoms. The summed E-state index contributed by atoms with van der Waals surface area (Å²) in [5, 5.41) is -0.0769. The zero-order chi connectivity index (χ0) is 7.28. The number of thiol groups is 1. The molecule has 0 rings (SSSR count). The van der Waals surface area contributed by atoms with Crippen LogP contribution < -0.4 is 0 Å². The van der Waals surface area contributed by atoms with Gasteiger partial charge in [-0.15, -0.1) is 12.6 Å². The second kappa shape index (κ2) is 4.62. The normalized spacial score (nSPS) is 11.1. The Morgan fingerprint density at radius 2 is 2.22 bits per heavy atom. The molecule has 0 aliphatic carbocycles. The fourth-order valence-corrected chi connectivity index (χ4v) is 0.546. The summed E-state index contributed by atoms with van der Waals surface area (Å²) in [6.45, 7) is 4.14. The van der Waals surface area contributed by atoms with E-state index in [1.165, 1.54) is 0 Å². The van der Waals surface area contributed by atoms with Gasteiger partial charge >= 0.3 is 0 Å². The number of carbonyl (C=O) groups excluding carboxylic acids is 1. The van der Waals surface area contributed by atoms with Crippen molar-refractivity contribution < 1.29 is 4.79 Å². The number of carbonyl (C=O) groups is 1. The summed E-state index contributed by atoms with van der Waals surface area (Å²) in [6.07, 6.45) is 4.29. The van der Waals surface area contributed by atoms with Crippen molar-refractivity contribution >= 4 is 17.7 Å². The third-order valence-electron chi connectivity index (χ3n) is 0.813. The molecule has 0 aromatic rings. The summed E-state index contributed by atoms with van der Waals surface area (Å²) in [4.78, 5) is 10.2. The van der Waals surface area contributed by atoms with E-state index < -0.39 is 0 Å². The van der Waals surface area contributed by atoms with Gasteiger partial charge in [0.25, 0.3) is 0 Å². The van der Waals surface area contributed by atoms with Crippen molar-refractivity contribution in [3.8, 4) is 0 Å². The molecule has 52 valence electrons. The van der Waals surface area contributed by atoms with E-state index in [4.69, 9.17) is 0 Å². The van der Waals surface area contributed by atoms with Crippen LogP contribution in [0.2, 0.25) is 0 Å². The third kappa shape index (κ3) is 7.76. The van der Waals surface area contributed by atoms with E-state index in [1.807, 2.05) is 12.2 Å². The van der Waals surface area contributed by atoms with Gasteiger partial charge in [-0.05, 0) is 5.92 Å². The molecule has 0 aliphatic rings. The van der Waals surface area contributed by atoms with E-state index in [-0.39, 0.29) is 5.12 Å². The van der Waals surface area contributed by atoms with Crippen molar-refractivity contribution in [2.45, 2.75) is 20.3 Å². The minimum absolute atomic E-state index is 0.0769. The van der Waals surface area contributed by atoms with Crippen molar-refractivity contribution in [2.24, 2.45) is 5.92 Å². The standard InChI is InChI=1S/C7H12OS/c1-6(2)4-3-5-7(8)9/h3-4,6H,5H2,1-2H3,(H,8,9)/b4-3+. The zero-order valence-electron chi connectivity index (χ0n) is 5.79. The zero-order valence-corrected chi connectivity index (χ0v) is 6.69.